The summed E-state index contributed by atoms with van der Waals surface area (Å²) in [6, 6.07) is 14.8. The van der Waals surface area contributed by atoms with Crippen molar-refractivity contribution < 1.29 is 9.63 Å². The summed E-state index contributed by atoms with van der Waals surface area (Å²) in [5.74, 6) is -0.294. The molecule has 2 aromatic rings. The quantitative estimate of drug-likeness (QED) is 0.387. The van der Waals surface area contributed by atoms with Gasteiger partial charge in [0, 0.05) is 0 Å². The molecule has 0 fully saturated rings. The Morgan fingerprint density at radius 3 is 2.58 bits per heavy atom. The van der Waals surface area contributed by atoms with Crippen molar-refractivity contribution in [3.05, 3.63) is 59.2 Å². The summed E-state index contributed by atoms with van der Waals surface area (Å²) in [7, 11) is 0. The van der Waals surface area contributed by atoms with Crippen molar-refractivity contribution in [1.82, 2.24) is 0 Å². The topological polar surface area (TPSA) is 38.7 Å². The third kappa shape index (κ3) is 2.99. The van der Waals surface area contributed by atoms with Crippen LogP contribution in [0.5, 0.6) is 0 Å². The Labute approximate surface area is 143 Å². The molecule has 0 bridgehead atoms. The maximum atomic E-state index is 12.0. The van der Waals surface area contributed by atoms with Gasteiger partial charge in [0.2, 0.25) is 0 Å². The summed E-state index contributed by atoms with van der Waals surface area (Å²) in [5.41, 5.74) is 6.44. The highest BCUT2D eigenvalue weighted by Gasteiger charge is 2.27. The highest BCUT2D eigenvalue weighted by molar-refractivity contribution is 5.99. The third-order valence-corrected chi connectivity index (χ3v) is 4.91. The van der Waals surface area contributed by atoms with Gasteiger partial charge in [-0.3, -0.25) is 0 Å². The van der Waals surface area contributed by atoms with Crippen molar-refractivity contribution in [2.45, 2.75) is 40.5 Å². The fourth-order valence-electron chi connectivity index (χ4n) is 2.80. The summed E-state index contributed by atoms with van der Waals surface area (Å²) in [4.78, 5) is 17.2. The maximum Gasteiger partial charge on any atom is 0.340 e. The van der Waals surface area contributed by atoms with Crippen LogP contribution in [0.15, 0.2) is 47.6 Å². The van der Waals surface area contributed by atoms with Crippen LogP contribution in [0.25, 0.3) is 11.1 Å². The molecule has 24 heavy (non-hydrogen) atoms. The number of nitrogens with zero attached hydrogens (tertiary/aromatic N) is 1. The van der Waals surface area contributed by atoms with E-state index in [-0.39, 0.29) is 5.97 Å². The lowest BCUT2D eigenvalue weighted by Gasteiger charge is -2.17. The second kappa shape index (κ2) is 6.23. The zero-order valence-electron chi connectivity index (χ0n) is 14.7. The number of carbonyl (C=O) groups is 1. The minimum atomic E-state index is -0.511. The molecular weight excluding hydrogens is 298 g/mol. The van der Waals surface area contributed by atoms with Crippen LogP contribution in [0.3, 0.4) is 0 Å². The zero-order chi connectivity index (χ0) is 17.3. The first-order valence-corrected chi connectivity index (χ1v) is 8.40. The standard InChI is InChI=1S/C21H23NO2/c1-5-21(3,4)20(23)24-22-14(2)15-10-11-19-17(12-15)13-16-8-6-7-9-18(16)19/h6-12H,5,13H2,1-4H3/b22-14+. The fourth-order valence-corrected chi connectivity index (χ4v) is 2.80. The smallest absolute Gasteiger partial charge is 0.317 e. The summed E-state index contributed by atoms with van der Waals surface area (Å²) >= 11 is 0. The van der Waals surface area contributed by atoms with E-state index in [4.69, 9.17) is 4.84 Å². The first-order valence-electron chi connectivity index (χ1n) is 8.40. The number of rotatable bonds is 4. The van der Waals surface area contributed by atoms with Crippen molar-refractivity contribution in [1.29, 1.82) is 0 Å². The van der Waals surface area contributed by atoms with Crippen LogP contribution >= 0.6 is 0 Å². The molecule has 3 heteroatoms. The first kappa shape index (κ1) is 16.4. The molecular formula is C21H23NO2. The molecule has 0 saturated carbocycles. The van der Waals surface area contributed by atoms with Crippen molar-refractivity contribution >= 4 is 11.7 Å². The van der Waals surface area contributed by atoms with Crippen molar-refractivity contribution in [3.8, 4) is 11.1 Å². The summed E-state index contributed by atoms with van der Waals surface area (Å²) in [5, 5.41) is 4.05. The van der Waals surface area contributed by atoms with Gasteiger partial charge in [0.05, 0.1) is 11.1 Å². The lowest BCUT2D eigenvalue weighted by atomic mass is 9.91. The summed E-state index contributed by atoms with van der Waals surface area (Å²) in [6.45, 7) is 7.58. The Bertz CT molecular complexity index is 818. The van der Waals surface area contributed by atoms with Crippen LogP contribution in [-0.4, -0.2) is 11.7 Å². The van der Waals surface area contributed by atoms with E-state index in [0.717, 1.165) is 18.4 Å². The molecule has 0 spiro atoms. The van der Waals surface area contributed by atoms with Crippen molar-refractivity contribution in [3.63, 3.8) is 0 Å². The Morgan fingerprint density at radius 2 is 1.83 bits per heavy atom. The lowest BCUT2D eigenvalue weighted by molar-refractivity contribution is -0.154. The molecule has 1 aliphatic carbocycles. The Hall–Kier alpha value is -2.42. The number of hydrogen-bond acceptors (Lipinski definition) is 3. The van der Waals surface area contributed by atoms with Crippen LogP contribution in [0, 0.1) is 5.41 Å². The van der Waals surface area contributed by atoms with Crippen LogP contribution in [0.4, 0.5) is 0 Å². The average Bonchev–Trinajstić information content (AvgIpc) is 2.96. The van der Waals surface area contributed by atoms with Gasteiger partial charge >= 0.3 is 5.97 Å². The Morgan fingerprint density at radius 1 is 1.12 bits per heavy atom. The molecule has 3 nitrogen and oxygen atoms in total. The maximum absolute atomic E-state index is 12.0. The molecule has 3 rings (SSSR count). The zero-order valence-corrected chi connectivity index (χ0v) is 14.7. The lowest BCUT2D eigenvalue weighted by Crippen LogP contribution is -2.24. The van der Waals surface area contributed by atoms with Gasteiger partial charge in [-0.25, -0.2) is 4.79 Å². The summed E-state index contributed by atoms with van der Waals surface area (Å²) in [6.07, 6.45) is 1.66. The van der Waals surface area contributed by atoms with Gasteiger partial charge in [-0.05, 0) is 67.5 Å². The van der Waals surface area contributed by atoms with E-state index in [0.29, 0.717) is 5.71 Å². The number of fused-ring (bicyclic) bond motifs is 3. The number of benzene rings is 2. The van der Waals surface area contributed by atoms with E-state index >= 15 is 0 Å². The number of carbonyl (C=O) groups excluding carboxylic acids is 1. The Kier molecular flexibility index (Phi) is 4.27. The highest BCUT2D eigenvalue weighted by atomic mass is 16.7. The molecule has 124 valence electrons. The second-order valence-corrected chi connectivity index (χ2v) is 7.00. The average molecular weight is 321 g/mol. The fraction of sp³-hybridized carbons (Fsp3) is 0.333. The van der Waals surface area contributed by atoms with E-state index in [9.17, 15) is 4.79 Å². The van der Waals surface area contributed by atoms with Crippen LogP contribution in [0.2, 0.25) is 0 Å². The van der Waals surface area contributed by atoms with Gasteiger partial charge in [0.1, 0.15) is 0 Å². The van der Waals surface area contributed by atoms with E-state index < -0.39 is 5.41 Å². The molecule has 0 atom stereocenters. The van der Waals surface area contributed by atoms with Gasteiger partial charge in [-0.2, -0.15) is 0 Å². The van der Waals surface area contributed by atoms with E-state index in [1.807, 2.05) is 33.8 Å². The van der Waals surface area contributed by atoms with Crippen LogP contribution in [-0.2, 0) is 16.1 Å². The van der Waals surface area contributed by atoms with Crippen LogP contribution < -0.4 is 0 Å². The van der Waals surface area contributed by atoms with E-state index in [2.05, 4.69) is 41.6 Å². The van der Waals surface area contributed by atoms with Crippen LogP contribution in [0.1, 0.15) is 50.8 Å². The largest absolute Gasteiger partial charge is 0.340 e. The molecule has 1 aliphatic rings. The van der Waals surface area contributed by atoms with Gasteiger partial charge in [-0.1, -0.05) is 48.5 Å². The number of hydrogen-bond donors (Lipinski definition) is 0. The van der Waals surface area contributed by atoms with Gasteiger partial charge < -0.3 is 4.84 Å². The SMILES string of the molecule is CCC(C)(C)C(=O)O/N=C(\C)c1ccc2c(c1)Cc1ccccc1-2. The molecule has 0 aromatic heterocycles. The van der Waals surface area contributed by atoms with E-state index in [1.165, 1.54) is 22.3 Å². The number of oxime groups is 1. The first-order chi connectivity index (χ1) is 11.4. The van der Waals surface area contributed by atoms with Crippen molar-refractivity contribution in [2.24, 2.45) is 10.6 Å². The van der Waals surface area contributed by atoms with Crippen molar-refractivity contribution in [2.75, 3.05) is 0 Å². The monoisotopic (exact) mass is 321 g/mol. The molecule has 0 heterocycles. The van der Waals surface area contributed by atoms with Gasteiger partial charge in [0.15, 0.2) is 0 Å². The van der Waals surface area contributed by atoms with E-state index in [1.54, 1.807) is 0 Å². The Balaban J connectivity index is 1.81. The molecule has 0 saturated heterocycles. The molecule has 0 aliphatic heterocycles. The highest BCUT2D eigenvalue weighted by Crippen LogP contribution is 2.36. The van der Waals surface area contributed by atoms with Gasteiger partial charge in [-0.15, -0.1) is 0 Å². The third-order valence-electron chi connectivity index (χ3n) is 4.91. The minimum absolute atomic E-state index is 0.294. The molecule has 0 unspecified atom stereocenters. The van der Waals surface area contributed by atoms with Gasteiger partial charge in [0.25, 0.3) is 0 Å². The normalized spacial score (nSPS) is 13.4. The molecule has 0 radical (unpaired) electrons. The minimum Gasteiger partial charge on any atom is -0.317 e. The molecule has 0 amide bonds. The molecule has 0 N–H and O–H groups in total. The summed E-state index contributed by atoms with van der Waals surface area (Å²) < 4.78 is 0. The second-order valence-electron chi connectivity index (χ2n) is 7.00. The predicted molar refractivity (Wildman–Crippen MR) is 97.1 cm³/mol. The predicted octanol–water partition coefficient (Wildman–Crippen LogP) is 4.96. The molecule has 2 aromatic carbocycles.